The third kappa shape index (κ3) is 6.07. The summed E-state index contributed by atoms with van der Waals surface area (Å²) in [7, 11) is 0. The molecule has 0 amide bonds. The van der Waals surface area contributed by atoms with Crippen LogP contribution in [0, 0.1) is 0 Å². The zero-order valence-corrected chi connectivity index (χ0v) is 11.7. The maximum Gasteiger partial charge on any atom is 0.313 e. The number of rotatable bonds is 7. The van der Waals surface area contributed by atoms with Gasteiger partial charge in [-0.15, -0.1) is 11.8 Å². The molecule has 98 valence electrons. The number of hydrogen-bond acceptors (Lipinski definition) is 4. The molecular weight excluding hydrogens is 272 g/mol. The molecule has 0 unspecified atom stereocenters. The third-order valence-corrected chi connectivity index (χ3v) is 3.41. The number of carbonyl (C=O) groups is 2. The minimum Gasteiger partial charge on any atom is -0.466 e. The largest absolute Gasteiger partial charge is 0.466 e. The maximum atomic E-state index is 11.4. The number of carbonyl (C=O) groups excluding carboxylic acids is 2. The Hall–Kier alpha value is -1.00. The highest BCUT2D eigenvalue weighted by atomic mass is 35.5. The molecule has 1 aromatic carbocycles. The fourth-order valence-corrected chi connectivity index (χ4v) is 2.27. The van der Waals surface area contributed by atoms with Crippen LogP contribution in [0.2, 0.25) is 5.02 Å². The van der Waals surface area contributed by atoms with Crippen LogP contribution in [-0.4, -0.2) is 24.1 Å². The van der Waals surface area contributed by atoms with E-state index in [4.69, 9.17) is 16.3 Å². The number of esters is 1. The van der Waals surface area contributed by atoms with Crippen molar-refractivity contribution in [2.24, 2.45) is 0 Å². The van der Waals surface area contributed by atoms with Crippen LogP contribution in [0.4, 0.5) is 0 Å². The van der Waals surface area contributed by atoms with E-state index in [1.807, 2.05) is 24.3 Å². The lowest BCUT2D eigenvalue weighted by atomic mass is 10.2. The van der Waals surface area contributed by atoms with E-state index in [1.165, 1.54) is 11.8 Å². The minimum atomic E-state index is -0.449. The van der Waals surface area contributed by atoms with Crippen LogP contribution < -0.4 is 0 Å². The molecule has 0 spiro atoms. The molecule has 0 bridgehead atoms. The lowest BCUT2D eigenvalue weighted by Crippen LogP contribution is -2.12. The molecule has 0 radical (unpaired) electrons. The molecule has 0 aliphatic heterocycles. The summed E-state index contributed by atoms with van der Waals surface area (Å²) in [5.41, 5.74) is 1.10. The Kier molecular flexibility index (Phi) is 6.83. The molecule has 0 aromatic heterocycles. The number of hydrogen-bond donors (Lipinski definition) is 0. The molecule has 1 aromatic rings. The molecule has 1 rings (SSSR count). The molecule has 5 heteroatoms. The summed E-state index contributed by atoms with van der Waals surface area (Å²) in [6.45, 7) is 2.03. The van der Waals surface area contributed by atoms with E-state index in [0.29, 0.717) is 17.4 Å². The SMILES string of the molecule is CCOC(=O)CC(=O)CSCc1ccc(Cl)cc1. The topological polar surface area (TPSA) is 43.4 Å². The number of benzene rings is 1. The molecule has 18 heavy (non-hydrogen) atoms. The summed E-state index contributed by atoms with van der Waals surface area (Å²) < 4.78 is 4.71. The predicted octanol–water partition coefficient (Wildman–Crippen LogP) is 3.10. The van der Waals surface area contributed by atoms with Crippen LogP contribution >= 0.6 is 23.4 Å². The van der Waals surface area contributed by atoms with Gasteiger partial charge in [0, 0.05) is 10.8 Å². The average Bonchev–Trinajstić information content (AvgIpc) is 2.32. The second-order valence-electron chi connectivity index (χ2n) is 3.64. The number of ether oxygens (including phenoxy) is 1. The van der Waals surface area contributed by atoms with Gasteiger partial charge < -0.3 is 4.74 Å². The standard InChI is InChI=1S/C13H15ClO3S/c1-2-17-13(16)7-12(15)9-18-8-10-3-5-11(14)6-4-10/h3-6H,2,7-9H2,1H3. The van der Waals surface area contributed by atoms with Gasteiger partial charge in [0.1, 0.15) is 6.42 Å². The van der Waals surface area contributed by atoms with Crippen molar-refractivity contribution in [1.82, 2.24) is 0 Å². The fraction of sp³-hybridized carbons (Fsp3) is 0.385. The van der Waals surface area contributed by atoms with E-state index in [9.17, 15) is 9.59 Å². The maximum absolute atomic E-state index is 11.4. The quantitative estimate of drug-likeness (QED) is 0.571. The van der Waals surface area contributed by atoms with Crippen molar-refractivity contribution in [2.75, 3.05) is 12.4 Å². The highest BCUT2D eigenvalue weighted by Crippen LogP contribution is 2.15. The third-order valence-electron chi connectivity index (χ3n) is 2.09. The van der Waals surface area contributed by atoms with E-state index in [-0.39, 0.29) is 12.2 Å². The van der Waals surface area contributed by atoms with Gasteiger partial charge in [0.15, 0.2) is 5.78 Å². The summed E-state index contributed by atoms with van der Waals surface area (Å²) in [6.07, 6.45) is -0.137. The van der Waals surface area contributed by atoms with Crippen molar-refractivity contribution in [3.63, 3.8) is 0 Å². The molecule has 0 N–H and O–H groups in total. The Labute approximate surface area is 116 Å². The van der Waals surface area contributed by atoms with E-state index in [1.54, 1.807) is 6.92 Å². The number of ketones is 1. The molecule has 0 aliphatic rings. The molecule has 0 aliphatic carbocycles. The van der Waals surface area contributed by atoms with Crippen molar-refractivity contribution in [1.29, 1.82) is 0 Å². The first-order chi connectivity index (χ1) is 8.61. The van der Waals surface area contributed by atoms with Crippen LogP contribution in [0.3, 0.4) is 0 Å². The van der Waals surface area contributed by atoms with Crippen molar-refractivity contribution >= 4 is 35.1 Å². The number of Topliss-reactive ketones (excluding diaryl/α,β-unsaturated/α-hetero) is 1. The molecule has 0 fully saturated rings. The summed E-state index contributed by atoms with van der Waals surface area (Å²) >= 11 is 7.25. The molecule has 0 saturated heterocycles. The highest BCUT2D eigenvalue weighted by molar-refractivity contribution is 7.99. The van der Waals surface area contributed by atoms with Gasteiger partial charge in [-0.3, -0.25) is 9.59 Å². The van der Waals surface area contributed by atoms with Crippen LogP contribution in [0.25, 0.3) is 0 Å². The minimum absolute atomic E-state index is 0.104. The van der Waals surface area contributed by atoms with Crippen LogP contribution in [0.15, 0.2) is 24.3 Å². The Morgan fingerprint density at radius 3 is 2.56 bits per heavy atom. The molecular formula is C13H15ClO3S. The highest BCUT2D eigenvalue weighted by Gasteiger charge is 2.10. The summed E-state index contributed by atoms with van der Waals surface area (Å²) in [5.74, 6) is 0.495. The second kappa shape index (κ2) is 8.16. The van der Waals surface area contributed by atoms with Gasteiger partial charge in [-0.25, -0.2) is 0 Å². The van der Waals surface area contributed by atoms with Gasteiger partial charge in [0.25, 0.3) is 0 Å². The van der Waals surface area contributed by atoms with Gasteiger partial charge in [0.05, 0.1) is 12.4 Å². The molecule has 0 saturated carbocycles. The number of halogens is 1. The monoisotopic (exact) mass is 286 g/mol. The van der Waals surface area contributed by atoms with Gasteiger partial charge >= 0.3 is 5.97 Å². The Bertz CT molecular complexity index is 403. The van der Waals surface area contributed by atoms with E-state index < -0.39 is 5.97 Å². The van der Waals surface area contributed by atoms with Crippen molar-refractivity contribution in [2.45, 2.75) is 19.1 Å². The molecule has 0 heterocycles. The summed E-state index contributed by atoms with van der Waals surface area (Å²) in [4.78, 5) is 22.5. The smallest absolute Gasteiger partial charge is 0.313 e. The Balaban J connectivity index is 2.23. The number of thioether (sulfide) groups is 1. The van der Waals surface area contributed by atoms with Gasteiger partial charge in [-0.1, -0.05) is 23.7 Å². The Morgan fingerprint density at radius 1 is 1.28 bits per heavy atom. The summed E-state index contributed by atoms with van der Waals surface area (Å²) in [6, 6.07) is 7.48. The van der Waals surface area contributed by atoms with E-state index in [0.717, 1.165) is 11.3 Å². The first-order valence-electron chi connectivity index (χ1n) is 5.61. The van der Waals surface area contributed by atoms with Gasteiger partial charge in [-0.2, -0.15) is 0 Å². The first-order valence-corrected chi connectivity index (χ1v) is 7.14. The van der Waals surface area contributed by atoms with Crippen LogP contribution in [0.5, 0.6) is 0 Å². The average molecular weight is 287 g/mol. The van der Waals surface area contributed by atoms with Crippen molar-refractivity contribution in [3.8, 4) is 0 Å². The van der Waals surface area contributed by atoms with Gasteiger partial charge in [0.2, 0.25) is 0 Å². The lowest BCUT2D eigenvalue weighted by Gasteiger charge is -2.02. The molecule has 3 nitrogen and oxygen atoms in total. The van der Waals surface area contributed by atoms with Crippen molar-refractivity contribution in [3.05, 3.63) is 34.9 Å². The summed E-state index contributed by atoms with van der Waals surface area (Å²) in [5, 5.41) is 0.696. The van der Waals surface area contributed by atoms with E-state index >= 15 is 0 Å². The predicted molar refractivity (Wildman–Crippen MR) is 73.9 cm³/mol. The van der Waals surface area contributed by atoms with Crippen molar-refractivity contribution < 1.29 is 14.3 Å². The van der Waals surface area contributed by atoms with Crippen LogP contribution in [0.1, 0.15) is 18.9 Å². The zero-order valence-electron chi connectivity index (χ0n) is 10.1. The Morgan fingerprint density at radius 2 is 1.94 bits per heavy atom. The van der Waals surface area contributed by atoms with E-state index in [2.05, 4.69) is 0 Å². The zero-order chi connectivity index (χ0) is 13.4. The first kappa shape index (κ1) is 15.1. The van der Waals surface area contributed by atoms with Crippen LogP contribution in [-0.2, 0) is 20.1 Å². The normalized spacial score (nSPS) is 10.1. The fourth-order valence-electron chi connectivity index (χ4n) is 1.29. The lowest BCUT2D eigenvalue weighted by molar-refractivity contribution is -0.145. The van der Waals surface area contributed by atoms with Gasteiger partial charge in [-0.05, 0) is 24.6 Å². The second-order valence-corrected chi connectivity index (χ2v) is 5.06. The molecule has 0 atom stereocenters.